The fourth-order valence-electron chi connectivity index (χ4n) is 1.26. The largest absolute Gasteiger partial charge is 0.428 e. The lowest BCUT2D eigenvalue weighted by atomic mass is 10.3. The number of nitrogens with two attached hydrogens (primary N) is 1. The Balaban J connectivity index is 2.55. The van der Waals surface area contributed by atoms with Crippen LogP contribution in [-0.4, -0.2) is 26.5 Å². The molecule has 0 spiro atoms. The van der Waals surface area contributed by atoms with Gasteiger partial charge in [0.25, 0.3) is 9.84 Å². The molecule has 0 amide bonds. The van der Waals surface area contributed by atoms with Crippen LogP contribution in [0.1, 0.15) is 0 Å². The van der Waals surface area contributed by atoms with Crippen molar-refractivity contribution < 1.29 is 17.6 Å². The van der Waals surface area contributed by atoms with Gasteiger partial charge in [-0.15, -0.1) is 0 Å². The van der Waals surface area contributed by atoms with Gasteiger partial charge in [-0.25, -0.2) is 8.42 Å². The molecule has 0 aliphatic heterocycles. The fourth-order valence-corrected chi connectivity index (χ4v) is 2.13. The number of sulfone groups is 1. The number of hydrogen-bond donors (Lipinski definition) is 1. The van der Waals surface area contributed by atoms with Crippen LogP contribution in [0, 0.1) is 0 Å². The molecule has 2 aromatic rings. The second-order valence-corrected chi connectivity index (χ2v) is 5.04. The molecule has 0 radical (unpaired) electrons. The zero-order chi connectivity index (χ0) is 11.8. The normalized spacial score (nSPS) is 12.1. The van der Waals surface area contributed by atoms with Crippen molar-refractivity contribution in [3.05, 3.63) is 18.2 Å². The third-order valence-corrected chi connectivity index (χ3v) is 3.18. The Labute approximate surface area is 91.9 Å². The topological polar surface area (TPSA) is 95.4 Å². The summed E-state index contributed by atoms with van der Waals surface area (Å²) >= 11 is 0. The average molecular weight is 242 g/mol. The Morgan fingerprint density at radius 2 is 2.25 bits per heavy atom. The van der Waals surface area contributed by atoms with E-state index in [1.165, 1.54) is 7.11 Å². The fraction of sp³-hybridized carbons (Fsp3) is 0.222. The van der Waals surface area contributed by atoms with Gasteiger partial charge in [0.05, 0.1) is 0 Å². The highest BCUT2D eigenvalue weighted by Gasteiger charge is 2.21. The van der Waals surface area contributed by atoms with Crippen LogP contribution in [0.3, 0.4) is 0 Å². The number of oxazole rings is 1. The maximum absolute atomic E-state index is 11.6. The average Bonchev–Trinajstić information content (AvgIpc) is 2.61. The van der Waals surface area contributed by atoms with Crippen LogP contribution in [-0.2, 0) is 14.6 Å². The van der Waals surface area contributed by atoms with Gasteiger partial charge in [-0.2, -0.15) is 4.98 Å². The zero-order valence-corrected chi connectivity index (χ0v) is 9.32. The Morgan fingerprint density at radius 3 is 2.94 bits per heavy atom. The summed E-state index contributed by atoms with van der Waals surface area (Å²) < 4.78 is 32.8. The van der Waals surface area contributed by atoms with Crippen LogP contribution in [0.15, 0.2) is 27.8 Å². The van der Waals surface area contributed by atoms with E-state index < -0.39 is 15.8 Å². The minimum absolute atomic E-state index is 0.352. The molecular weight excluding hydrogens is 232 g/mol. The molecule has 1 aromatic carbocycles. The number of fused-ring (bicyclic) bond motifs is 1. The number of anilines is 1. The molecule has 0 saturated heterocycles. The quantitative estimate of drug-likeness (QED) is 0.799. The number of nitrogen functional groups attached to an aromatic ring is 1. The van der Waals surface area contributed by atoms with Crippen molar-refractivity contribution in [2.45, 2.75) is 5.22 Å². The molecule has 6 nitrogen and oxygen atoms in total. The van der Waals surface area contributed by atoms with Crippen molar-refractivity contribution in [3.63, 3.8) is 0 Å². The smallest absolute Gasteiger partial charge is 0.318 e. The van der Waals surface area contributed by atoms with E-state index in [0.29, 0.717) is 16.8 Å². The minimum Gasteiger partial charge on any atom is -0.428 e. The third kappa shape index (κ3) is 1.86. The van der Waals surface area contributed by atoms with E-state index in [-0.39, 0.29) is 5.22 Å². The van der Waals surface area contributed by atoms with Gasteiger partial charge >= 0.3 is 5.22 Å². The Hall–Kier alpha value is -1.60. The van der Waals surface area contributed by atoms with E-state index in [0.717, 1.165) is 0 Å². The van der Waals surface area contributed by atoms with Crippen LogP contribution < -0.4 is 5.73 Å². The molecule has 0 bridgehead atoms. The molecule has 0 unspecified atom stereocenters. The lowest BCUT2D eigenvalue weighted by Crippen LogP contribution is -2.08. The van der Waals surface area contributed by atoms with E-state index in [1.807, 2.05) is 0 Å². The molecule has 0 fully saturated rings. The highest BCUT2D eigenvalue weighted by atomic mass is 32.2. The van der Waals surface area contributed by atoms with Crippen LogP contribution in [0.2, 0.25) is 0 Å². The van der Waals surface area contributed by atoms with Crippen molar-refractivity contribution in [1.82, 2.24) is 4.98 Å². The van der Waals surface area contributed by atoms with Crippen LogP contribution in [0.5, 0.6) is 0 Å². The molecule has 1 heterocycles. The summed E-state index contributed by atoms with van der Waals surface area (Å²) in [6.45, 7) is 0. The molecule has 0 aliphatic carbocycles. The lowest BCUT2D eigenvalue weighted by Gasteiger charge is -1.95. The Kier molecular flexibility index (Phi) is 2.56. The first-order valence-electron chi connectivity index (χ1n) is 4.41. The summed E-state index contributed by atoms with van der Waals surface area (Å²) in [7, 11) is -2.34. The number of ether oxygens (including phenoxy) is 1. The molecule has 1 aromatic heterocycles. The van der Waals surface area contributed by atoms with Crippen molar-refractivity contribution in [2.75, 3.05) is 18.8 Å². The summed E-state index contributed by atoms with van der Waals surface area (Å²) in [5.74, 6) is -0.463. The zero-order valence-electron chi connectivity index (χ0n) is 8.50. The SMILES string of the molecule is COCS(=O)(=O)c1nc2cc(N)ccc2o1. The predicted molar refractivity (Wildman–Crippen MR) is 57.5 cm³/mol. The number of nitrogens with zero attached hydrogens (tertiary/aromatic N) is 1. The standard InChI is InChI=1S/C9H10N2O4S/c1-14-5-16(12,13)9-11-7-4-6(10)2-3-8(7)15-9/h2-4H,5,10H2,1H3. The molecular formula is C9H10N2O4S. The second kappa shape index (κ2) is 3.76. The van der Waals surface area contributed by atoms with Crippen LogP contribution >= 0.6 is 0 Å². The maximum atomic E-state index is 11.6. The number of hydrogen-bond acceptors (Lipinski definition) is 6. The molecule has 0 aliphatic rings. The number of benzene rings is 1. The first-order chi connectivity index (χ1) is 7.53. The molecule has 7 heteroatoms. The maximum Gasteiger partial charge on any atom is 0.318 e. The molecule has 16 heavy (non-hydrogen) atoms. The molecule has 2 N–H and O–H groups in total. The van der Waals surface area contributed by atoms with E-state index >= 15 is 0 Å². The molecule has 0 saturated carbocycles. The second-order valence-electron chi connectivity index (χ2n) is 3.23. The third-order valence-electron chi connectivity index (χ3n) is 1.93. The monoisotopic (exact) mass is 242 g/mol. The van der Waals surface area contributed by atoms with Crippen molar-refractivity contribution in [3.8, 4) is 0 Å². The first kappa shape index (κ1) is 10.9. The first-order valence-corrected chi connectivity index (χ1v) is 6.06. The van der Waals surface area contributed by atoms with Crippen LogP contribution in [0.4, 0.5) is 5.69 Å². The number of methoxy groups -OCH3 is 1. The van der Waals surface area contributed by atoms with Gasteiger partial charge in [0.1, 0.15) is 5.52 Å². The van der Waals surface area contributed by atoms with Gasteiger partial charge in [-0.1, -0.05) is 0 Å². The minimum atomic E-state index is -3.63. The summed E-state index contributed by atoms with van der Waals surface area (Å²) in [6.07, 6.45) is 0. The van der Waals surface area contributed by atoms with Gasteiger partial charge in [0, 0.05) is 12.8 Å². The summed E-state index contributed by atoms with van der Waals surface area (Å²) in [4.78, 5) is 3.85. The van der Waals surface area contributed by atoms with Crippen molar-refractivity contribution in [2.24, 2.45) is 0 Å². The Morgan fingerprint density at radius 1 is 1.50 bits per heavy atom. The highest BCUT2D eigenvalue weighted by molar-refractivity contribution is 7.91. The summed E-state index contributed by atoms with van der Waals surface area (Å²) in [5, 5.41) is -0.352. The van der Waals surface area contributed by atoms with Gasteiger partial charge in [-0.3, -0.25) is 0 Å². The summed E-state index contributed by atoms with van der Waals surface area (Å²) in [5.41, 5.74) is 6.83. The molecule has 2 rings (SSSR count). The molecule has 0 atom stereocenters. The van der Waals surface area contributed by atoms with E-state index in [9.17, 15) is 8.42 Å². The van der Waals surface area contributed by atoms with Gasteiger partial charge < -0.3 is 14.9 Å². The van der Waals surface area contributed by atoms with Crippen molar-refractivity contribution in [1.29, 1.82) is 0 Å². The predicted octanol–water partition coefficient (Wildman–Crippen LogP) is 0.788. The lowest BCUT2D eigenvalue weighted by molar-refractivity contribution is 0.247. The molecule has 86 valence electrons. The van der Waals surface area contributed by atoms with Gasteiger partial charge in [0.2, 0.25) is 0 Å². The number of rotatable bonds is 3. The van der Waals surface area contributed by atoms with Gasteiger partial charge in [-0.05, 0) is 18.2 Å². The van der Waals surface area contributed by atoms with E-state index in [4.69, 9.17) is 10.2 Å². The highest BCUT2D eigenvalue weighted by Crippen LogP contribution is 2.21. The van der Waals surface area contributed by atoms with E-state index in [2.05, 4.69) is 9.72 Å². The number of aromatic nitrogens is 1. The summed E-state index contributed by atoms with van der Waals surface area (Å²) in [6, 6.07) is 4.73. The van der Waals surface area contributed by atoms with E-state index in [1.54, 1.807) is 18.2 Å². The van der Waals surface area contributed by atoms with Gasteiger partial charge in [0.15, 0.2) is 11.5 Å². The van der Waals surface area contributed by atoms with Crippen molar-refractivity contribution >= 4 is 26.6 Å². The Bertz CT molecular complexity index is 617. The van der Waals surface area contributed by atoms with Crippen LogP contribution in [0.25, 0.3) is 11.1 Å².